The average molecular weight is 430 g/mol. The molecule has 0 aliphatic carbocycles. The van der Waals surface area contributed by atoms with Crippen LogP contribution in [-0.2, 0) is 23.8 Å². The van der Waals surface area contributed by atoms with Crippen molar-refractivity contribution in [2.24, 2.45) is 4.99 Å². The van der Waals surface area contributed by atoms with Crippen LogP contribution in [0.1, 0.15) is 35.7 Å². The zero-order valence-corrected chi connectivity index (χ0v) is 16.8. The first-order valence-corrected chi connectivity index (χ1v) is 10.6. The van der Waals surface area contributed by atoms with Gasteiger partial charge in [-0.2, -0.15) is 13.2 Å². The largest absolute Gasteiger partial charge is 0.469 e. The van der Waals surface area contributed by atoms with Gasteiger partial charge in [0, 0.05) is 37.9 Å². The third kappa shape index (κ3) is 7.36. The van der Waals surface area contributed by atoms with Crippen LogP contribution in [0.3, 0.4) is 0 Å². The number of aromatic nitrogens is 1. The molecule has 2 aromatic heterocycles. The summed E-state index contributed by atoms with van der Waals surface area (Å²) in [5, 5.41) is 7.90. The molecule has 160 valence electrons. The molecule has 0 radical (unpaired) electrons. The second-order valence-electron chi connectivity index (χ2n) is 6.74. The van der Waals surface area contributed by atoms with Crippen molar-refractivity contribution in [2.75, 3.05) is 26.2 Å². The van der Waals surface area contributed by atoms with E-state index in [0.717, 1.165) is 48.3 Å². The van der Waals surface area contributed by atoms with E-state index in [1.165, 1.54) is 0 Å². The van der Waals surface area contributed by atoms with Gasteiger partial charge in [-0.25, -0.2) is 4.98 Å². The number of rotatable bonds is 8. The second kappa shape index (κ2) is 10.6. The van der Waals surface area contributed by atoms with Gasteiger partial charge < -0.3 is 19.8 Å². The molecule has 10 heteroatoms. The van der Waals surface area contributed by atoms with Crippen LogP contribution in [0.15, 0.2) is 33.2 Å². The zero-order chi connectivity index (χ0) is 20.5. The molecule has 3 heterocycles. The van der Waals surface area contributed by atoms with E-state index in [2.05, 4.69) is 20.6 Å². The Kier molecular flexibility index (Phi) is 7.93. The van der Waals surface area contributed by atoms with Crippen LogP contribution in [0.5, 0.6) is 0 Å². The molecule has 2 N–H and O–H groups in total. The highest BCUT2D eigenvalue weighted by molar-refractivity contribution is 7.09. The maximum absolute atomic E-state index is 12.7. The summed E-state index contributed by atoms with van der Waals surface area (Å²) in [7, 11) is 0. The van der Waals surface area contributed by atoms with Gasteiger partial charge >= 0.3 is 6.18 Å². The van der Waals surface area contributed by atoms with Crippen molar-refractivity contribution >= 4 is 17.3 Å². The van der Waals surface area contributed by atoms with Crippen LogP contribution in [0.4, 0.5) is 13.2 Å². The van der Waals surface area contributed by atoms with Gasteiger partial charge in [-0.05, 0) is 31.4 Å². The highest BCUT2D eigenvalue weighted by Crippen LogP contribution is 2.30. The second-order valence-corrected chi connectivity index (χ2v) is 7.68. The lowest BCUT2D eigenvalue weighted by molar-refractivity contribution is -0.140. The van der Waals surface area contributed by atoms with Gasteiger partial charge in [0.1, 0.15) is 5.76 Å². The molecule has 0 aromatic carbocycles. The number of furan rings is 1. The normalized spacial score (nSPS) is 18.0. The summed E-state index contributed by atoms with van der Waals surface area (Å²) in [5.41, 5.74) is -0.836. The van der Waals surface area contributed by atoms with Crippen LogP contribution < -0.4 is 10.6 Å². The van der Waals surface area contributed by atoms with Crippen LogP contribution >= 0.6 is 11.3 Å². The number of nitrogens with one attached hydrogen (secondary N) is 2. The molecule has 3 rings (SSSR count). The van der Waals surface area contributed by atoms with Crippen molar-refractivity contribution in [3.8, 4) is 0 Å². The topological polar surface area (TPSA) is 71.7 Å². The Morgan fingerprint density at radius 3 is 2.72 bits per heavy atom. The fraction of sp³-hybridized carbons (Fsp3) is 0.579. The Morgan fingerprint density at radius 2 is 2.07 bits per heavy atom. The fourth-order valence-electron chi connectivity index (χ4n) is 2.92. The molecular formula is C19H25F3N4O2S. The van der Waals surface area contributed by atoms with Crippen molar-refractivity contribution < 1.29 is 22.3 Å². The molecule has 2 aromatic rings. The van der Waals surface area contributed by atoms with Crippen molar-refractivity contribution in [3.05, 3.63) is 40.2 Å². The third-order valence-corrected chi connectivity index (χ3v) is 5.35. The predicted octanol–water partition coefficient (Wildman–Crippen LogP) is 3.64. The van der Waals surface area contributed by atoms with Crippen LogP contribution in [0.2, 0.25) is 0 Å². The van der Waals surface area contributed by atoms with E-state index in [4.69, 9.17) is 9.15 Å². The Balaban J connectivity index is 1.49. The lowest BCUT2D eigenvalue weighted by Crippen LogP contribution is -2.40. The summed E-state index contributed by atoms with van der Waals surface area (Å²) in [5.74, 6) is 1.48. The minimum atomic E-state index is -4.40. The molecule has 1 atom stereocenters. The molecule has 6 nitrogen and oxygen atoms in total. The van der Waals surface area contributed by atoms with E-state index in [1.807, 2.05) is 12.1 Å². The molecule has 1 aliphatic heterocycles. The predicted molar refractivity (Wildman–Crippen MR) is 105 cm³/mol. The van der Waals surface area contributed by atoms with E-state index in [0.29, 0.717) is 43.4 Å². The molecule has 1 aliphatic rings. The lowest BCUT2D eigenvalue weighted by atomic mass is 10.1. The van der Waals surface area contributed by atoms with Gasteiger partial charge in [-0.1, -0.05) is 0 Å². The monoisotopic (exact) mass is 430 g/mol. The summed E-state index contributed by atoms with van der Waals surface area (Å²) in [4.78, 5) is 8.24. The number of hydrogen-bond acceptors (Lipinski definition) is 5. The summed E-state index contributed by atoms with van der Waals surface area (Å²) >= 11 is 1.02. The van der Waals surface area contributed by atoms with Crippen LogP contribution in [0.25, 0.3) is 0 Å². The Morgan fingerprint density at radius 1 is 1.24 bits per heavy atom. The number of hydrogen-bond donors (Lipinski definition) is 2. The van der Waals surface area contributed by atoms with Gasteiger partial charge in [0.15, 0.2) is 11.7 Å². The number of aliphatic imine (C=N–C) groups is 1. The molecule has 0 spiro atoms. The molecule has 0 saturated carbocycles. The summed E-state index contributed by atoms with van der Waals surface area (Å²) in [6, 6.07) is 3.74. The standard InChI is InChI=1S/C19H25F3N4O2S/c20-19(21,22)16-13-29-17(26-16)7-9-24-18(23-8-6-14-5-3-11-27-14)25-12-15-4-1-2-10-28-15/h3,5,11,13,15H,1-2,4,6-10,12H2,(H2,23,24,25). The summed E-state index contributed by atoms with van der Waals surface area (Å²) in [6.45, 7) is 2.37. The van der Waals surface area contributed by atoms with Crippen molar-refractivity contribution in [1.29, 1.82) is 0 Å². The molecule has 29 heavy (non-hydrogen) atoms. The molecular weight excluding hydrogens is 405 g/mol. The van der Waals surface area contributed by atoms with Crippen molar-refractivity contribution in [3.63, 3.8) is 0 Å². The van der Waals surface area contributed by atoms with E-state index < -0.39 is 11.9 Å². The molecule has 1 unspecified atom stereocenters. The smallest absolute Gasteiger partial charge is 0.434 e. The number of guanidine groups is 1. The lowest BCUT2D eigenvalue weighted by Gasteiger charge is -2.21. The quantitative estimate of drug-likeness (QED) is 0.494. The van der Waals surface area contributed by atoms with E-state index >= 15 is 0 Å². The highest BCUT2D eigenvalue weighted by Gasteiger charge is 2.33. The Labute approximate surface area is 171 Å². The highest BCUT2D eigenvalue weighted by atomic mass is 32.1. The van der Waals surface area contributed by atoms with Crippen molar-refractivity contribution in [2.45, 2.75) is 44.4 Å². The Bertz CT molecular complexity index is 756. The number of halogens is 3. The van der Waals surface area contributed by atoms with Gasteiger partial charge in [0.05, 0.1) is 23.9 Å². The number of alkyl halides is 3. The van der Waals surface area contributed by atoms with Gasteiger partial charge in [0.25, 0.3) is 0 Å². The summed E-state index contributed by atoms with van der Waals surface area (Å²) in [6.07, 6.45) is 1.65. The van der Waals surface area contributed by atoms with Gasteiger partial charge in [0.2, 0.25) is 0 Å². The van der Waals surface area contributed by atoms with E-state index in [-0.39, 0.29) is 6.10 Å². The number of ether oxygens (including phenoxy) is 1. The molecule has 0 amide bonds. The van der Waals surface area contributed by atoms with E-state index in [1.54, 1.807) is 6.26 Å². The van der Waals surface area contributed by atoms with E-state index in [9.17, 15) is 13.2 Å². The summed E-state index contributed by atoms with van der Waals surface area (Å²) < 4.78 is 49.0. The molecule has 1 saturated heterocycles. The minimum absolute atomic E-state index is 0.112. The third-order valence-electron chi connectivity index (χ3n) is 4.44. The maximum atomic E-state index is 12.7. The van der Waals surface area contributed by atoms with Crippen LogP contribution in [0, 0.1) is 0 Å². The van der Waals surface area contributed by atoms with Gasteiger partial charge in [-0.15, -0.1) is 11.3 Å². The first kappa shape index (κ1) is 21.6. The fourth-order valence-corrected chi connectivity index (χ4v) is 3.73. The Hall–Kier alpha value is -2.07. The average Bonchev–Trinajstić information content (AvgIpc) is 3.38. The first-order chi connectivity index (χ1) is 14.0. The first-order valence-electron chi connectivity index (χ1n) is 9.68. The molecule has 0 bridgehead atoms. The zero-order valence-electron chi connectivity index (χ0n) is 16.0. The molecule has 1 fully saturated rings. The number of nitrogens with zero attached hydrogens (tertiary/aromatic N) is 2. The van der Waals surface area contributed by atoms with Gasteiger partial charge in [-0.3, -0.25) is 4.99 Å². The minimum Gasteiger partial charge on any atom is -0.469 e. The SMILES string of the molecule is FC(F)(F)c1csc(CCNC(=NCC2CCCCO2)NCCc2ccco2)n1. The number of thiazole rings is 1. The van der Waals surface area contributed by atoms with Crippen LogP contribution in [-0.4, -0.2) is 43.3 Å². The van der Waals surface area contributed by atoms with Crippen molar-refractivity contribution in [1.82, 2.24) is 15.6 Å². The maximum Gasteiger partial charge on any atom is 0.434 e.